The second-order valence-electron chi connectivity index (χ2n) is 7.25. The lowest BCUT2D eigenvalue weighted by atomic mass is 10.0. The van der Waals surface area contributed by atoms with Crippen molar-refractivity contribution in [3.8, 4) is 0 Å². The molecule has 150 valence electrons. The van der Waals surface area contributed by atoms with Gasteiger partial charge in [0.1, 0.15) is 6.54 Å². The number of hydrogen-bond acceptors (Lipinski definition) is 3. The van der Waals surface area contributed by atoms with Crippen molar-refractivity contribution in [2.45, 2.75) is 27.2 Å². The minimum atomic E-state index is 0.0687. The molecule has 1 aromatic carbocycles. The smallest absolute Gasteiger partial charge is 0.246 e. The Hall–Kier alpha value is -2.83. The highest BCUT2D eigenvalue weighted by atomic mass is 16.2. The molecule has 1 saturated heterocycles. The van der Waals surface area contributed by atoms with Gasteiger partial charge in [0.2, 0.25) is 5.91 Å². The molecule has 28 heavy (non-hydrogen) atoms. The third-order valence-electron chi connectivity index (χ3n) is 5.00. The molecule has 0 bridgehead atoms. The molecule has 1 fully saturated rings. The van der Waals surface area contributed by atoms with Crippen LogP contribution in [0.2, 0.25) is 0 Å². The van der Waals surface area contributed by atoms with Gasteiger partial charge in [-0.05, 0) is 38.3 Å². The van der Waals surface area contributed by atoms with E-state index in [1.807, 2.05) is 25.1 Å². The van der Waals surface area contributed by atoms with E-state index in [0.29, 0.717) is 19.6 Å². The van der Waals surface area contributed by atoms with Gasteiger partial charge in [0.25, 0.3) is 0 Å². The van der Waals surface area contributed by atoms with Crippen LogP contribution in [0.5, 0.6) is 0 Å². The molecule has 0 aliphatic carbocycles. The zero-order chi connectivity index (χ0) is 20.1. The number of benzene rings is 1. The van der Waals surface area contributed by atoms with Gasteiger partial charge in [0, 0.05) is 39.4 Å². The van der Waals surface area contributed by atoms with Crippen LogP contribution in [0.3, 0.4) is 0 Å². The normalized spacial score (nSPS) is 15.3. The van der Waals surface area contributed by atoms with Crippen LogP contribution in [-0.4, -0.2) is 59.3 Å². The maximum absolute atomic E-state index is 12.7. The minimum Gasteiger partial charge on any atom is -0.357 e. The van der Waals surface area contributed by atoms with Crippen molar-refractivity contribution in [1.82, 2.24) is 20.0 Å². The first-order valence-electron chi connectivity index (χ1n) is 9.86. The summed E-state index contributed by atoms with van der Waals surface area (Å²) in [6.45, 7) is 9.48. The van der Waals surface area contributed by atoms with E-state index < -0.39 is 0 Å². The van der Waals surface area contributed by atoms with E-state index in [4.69, 9.17) is 4.99 Å². The van der Waals surface area contributed by atoms with E-state index in [2.05, 4.69) is 42.5 Å². The van der Waals surface area contributed by atoms with E-state index in [1.165, 1.54) is 16.7 Å². The lowest BCUT2D eigenvalue weighted by Gasteiger charge is -2.35. The first-order chi connectivity index (χ1) is 13.5. The van der Waals surface area contributed by atoms with Crippen LogP contribution in [0.15, 0.2) is 35.6 Å². The molecule has 0 saturated carbocycles. The van der Waals surface area contributed by atoms with Crippen LogP contribution in [0, 0.1) is 13.8 Å². The van der Waals surface area contributed by atoms with Gasteiger partial charge in [-0.25, -0.2) is 0 Å². The Morgan fingerprint density at radius 3 is 2.75 bits per heavy atom. The number of aliphatic imine (C=N–C) groups is 1. The zero-order valence-electron chi connectivity index (χ0n) is 17.3. The van der Waals surface area contributed by atoms with Crippen LogP contribution < -0.4 is 10.2 Å². The number of nitrogens with zero attached hydrogens (tertiary/aromatic N) is 5. The minimum absolute atomic E-state index is 0.0687. The molecule has 1 amide bonds. The van der Waals surface area contributed by atoms with Crippen LogP contribution in [0.1, 0.15) is 23.6 Å². The monoisotopic (exact) mass is 382 g/mol. The van der Waals surface area contributed by atoms with Gasteiger partial charge in [0.05, 0.1) is 11.9 Å². The van der Waals surface area contributed by atoms with E-state index >= 15 is 0 Å². The van der Waals surface area contributed by atoms with Crippen molar-refractivity contribution in [3.63, 3.8) is 0 Å². The SMILES string of the molecule is CCNC(=NCCc1ccc(C)cc1C)N1CCN(c2cnn(C)c2)C(=O)C1. The summed E-state index contributed by atoms with van der Waals surface area (Å²) < 4.78 is 1.72. The Balaban J connectivity index is 1.63. The molecule has 7 heteroatoms. The van der Waals surface area contributed by atoms with Crippen LogP contribution >= 0.6 is 0 Å². The van der Waals surface area contributed by atoms with Crippen molar-refractivity contribution < 1.29 is 4.79 Å². The number of aromatic nitrogens is 2. The molecule has 1 aromatic heterocycles. The van der Waals surface area contributed by atoms with E-state index in [1.54, 1.807) is 15.8 Å². The molecule has 2 heterocycles. The quantitative estimate of drug-likeness (QED) is 0.634. The van der Waals surface area contributed by atoms with E-state index in [9.17, 15) is 4.79 Å². The fourth-order valence-electron chi connectivity index (χ4n) is 3.51. The number of aryl methyl sites for hydroxylation is 3. The van der Waals surface area contributed by atoms with Crippen molar-refractivity contribution in [2.75, 3.05) is 37.6 Å². The molecule has 1 aliphatic rings. The Morgan fingerprint density at radius 2 is 2.11 bits per heavy atom. The summed E-state index contributed by atoms with van der Waals surface area (Å²) in [5, 5.41) is 7.50. The van der Waals surface area contributed by atoms with Crippen LogP contribution in [0.25, 0.3) is 0 Å². The fourth-order valence-corrected chi connectivity index (χ4v) is 3.51. The maximum Gasteiger partial charge on any atom is 0.246 e. The largest absolute Gasteiger partial charge is 0.357 e. The number of amides is 1. The molecule has 0 spiro atoms. The number of rotatable bonds is 5. The molecular weight excluding hydrogens is 352 g/mol. The molecule has 7 nitrogen and oxygen atoms in total. The number of anilines is 1. The summed E-state index contributed by atoms with van der Waals surface area (Å²) in [4.78, 5) is 21.3. The fraction of sp³-hybridized carbons (Fsp3) is 0.476. The van der Waals surface area contributed by atoms with Crippen molar-refractivity contribution in [3.05, 3.63) is 47.3 Å². The Morgan fingerprint density at radius 1 is 1.29 bits per heavy atom. The van der Waals surface area contributed by atoms with Crippen LogP contribution in [-0.2, 0) is 18.3 Å². The Bertz CT molecular complexity index is 856. The number of carbonyl (C=O) groups is 1. The van der Waals surface area contributed by atoms with Gasteiger partial charge in [-0.1, -0.05) is 23.8 Å². The molecule has 0 unspecified atom stereocenters. The number of carbonyl (C=O) groups excluding carboxylic acids is 1. The first kappa shape index (κ1) is 19.9. The molecule has 2 aromatic rings. The lowest BCUT2D eigenvalue weighted by Crippen LogP contribution is -2.55. The number of hydrogen-bond donors (Lipinski definition) is 1. The highest BCUT2D eigenvalue weighted by Gasteiger charge is 2.27. The molecule has 1 aliphatic heterocycles. The summed E-state index contributed by atoms with van der Waals surface area (Å²) in [5.74, 6) is 0.880. The average molecular weight is 383 g/mol. The van der Waals surface area contributed by atoms with Crippen LogP contribution in [0.4, 0.5) is 5.69 Å². The summed E-state index contributed by atoms with van der Waals surface area (Å²) in [6, 6.07) is 6.54. The third-order valence-corrected chi connectivity index (χ3v) is 5.00. The topological polar surface area (TPSA) is 65.8 Å². The zero-order valence-corrected chi connectivity index (χ0v) is 17.3. The second kappa shape index (κ2) is 8.91. The summed E-state index contributed by atoms with van der Waals surface area (Å²) in [7, 11) is 1.86. The predicted molar refractivity (Wildman–Crippen MR) is 113 cm³/mol. The second-order valence-corrected chi connectivity index (χ2v) is 7.25. The van der Waals surface area contributed by atoms with Gasteiger partial charge in [0.15, 0.2) is 5.96 Å². The molecule has 1 N–H and O–H groups in total. The Labute approximate surface area is 167 Å². The summed E-state index contributed by atoms with van der Waals surface area (Å²) >= 11 is 0. The first-order valence-corrected chi connectivity index (χ1v) is 9.86. The standard InChI is InChI=1S/C21H30N6O/c1-5-22-21(23-9-8-18-7-6-16(2)12-17(18)3)26-10-11-27(20(28)15-26)19-13-24-25(4)14-19/h6-7,12-14H,5,8-11,15H2,1-4H3,(H,22,23). The highest BCUT2D eigenvalue weighted by molar-refractivity contribution is 5.98. The molecule has 0 radical (unpaired) electrons. The number of nitrogens with one attached hydrogen (secondary N) is 1. The van der Waals surface area contributed by atoms with Gasteiger partial charge in [-0.3, -0.25) is 14.5 Å². The van der Waals surface area contributed by atoms with Crippen molar-refractivity contribution in [1.29, 1.82) is 0 Å². The van der Waals surface area contributed by atoms with E-state index in [-0.39, 0.29) is 5.91 Å². The van der Waals surface area contributed by atoms with Gasteiger partial charge in [-0.2, -0.15) is 5.10 Å². The number of guanidine groups is 1. The van der Waals surface area contributed by atoms with E-state index in [0.717, 1.165) is 31.2 Å². The molecule has 3 rings (SSSR count). The van der Waals surface area contributed by atoms with Gasteiger partial charge in [-0.15, -0.1) is 0 Å². The van der Waals surface area contributed by atoms with Crippen molar-refractivity contribution >= 4 is 17.6 Å². The maximum atomic E-state index is 12.7. The Kier molecular flexibility index (Phi) is 6.34. The molecule has 0 atom stereocenters. The average Bonchev–Trinajstić information content (AvgIpc) is 3.08. The number of piperazine rings is 1. The summed E-state index contributed by atoms with van der Waals surface area (Å²) in [6.07, 6.45) is 4.50. The summed E-state index contributed by atoms with van der Waals surface area (Å²) in [5.41, 5.74) is 4.76. The third kappa shape index (κ3) is 4.71. The van der Waals surface area contributed by atoms with Gasteiger partial charge < -0.3 is 15.1 Å². The lowest BCUT2D eigenvalue weighted by molar-refractivity contribution is -0.120. The van der Waals surface area contributed by atoms with Crippen molar-refractivity contribution in [2.24, 2.45) is 12.0 Å². The van der Waals surface area contributed by atoms with Gasteiger partial charge >= 0.3 is 0 Å². The molecular formula is C21H30N6O. The predicted octanol–water partition coefficient (Wildman–Crippen LogP) is 1.89. The highest BCUT2D eigenvalue weighted by Crippen LogP contribution is 2.16.